The molecule has 19 heavy (non-hydrogen) atoms. The summed E-state index contributed by atoms with van der Waals surface area (Å²) in [6.45, 7) is 9.93. The first-order valence-electron chi connectivity index (χ1n) is 6.60. The lowest BCUT2D eigenvalue weighted by atomic mass is 10.1. The Hall–Kier alpha value is -2.02. The number of nitrogens with zero attached hydrogens (tertiary/aromatic N) is 3. The zero-order valence-corrected chi connectivity index (χ0v) is 11.3. The molecule has 0 aromatic carbocycles. The number of carbonyl (C=O) groups is 1. The predicted molar refractivity (Wildman–Crippen MR) is 76.1 cm³/mol. The minimum atomic E-state index is -0.257. The van der Waals surface area contributed by atoms with Gasteiger partial charge in [-0.15, -0.1) is 13.2 Å². The summed E-state index contributed by atoms with van der Waals surface area (Å²) in [6, 6.07) is 2.01. The van der Waals surface area contributed by atoms with Crippen LogP contribution in [0, 0.1) is 11.3 Å². The van der Waals surface area contributed by atoms with E-state index in [9.17, 15) is 4.79 Å². The van der Waals surface area contributed by atoms with Crippen LogP contribution in [0.5, 0.6) is 0 Å². The Morgan fingerprint density at radius 1 is 1.21 bits per heavy atom. The zero-order chi connectivity index (χ0) is 14.1. The molecular weight excluding hydrogens is 238 g/mol. The van der Waals surface area contributed by atoms with Crippen molar-refractivity contribution < 1.29 is 4.79 Å². The summed E-state index contributed by atoms with van der Waals surface area (Å²) in [4.78, 5) is 15.9. The minimum Gasteiger partial charge on any atom is -0.376 e. The Morgan fingerprint density at radius 2 is 1.79 bits per heavy atom. The number of hydrogen-bond acceptors (Lipinski definition) is 3. The maximum absolute atomic E-state index is 12.2. The Kier molecular flexibility index (Phi) is 6.45. The molecule has 1 saturated heterocycles. The average Bonchev–Trinajstić information content (AvgIpc) is 2.45. The van der Waals surface area contributed by atoms with Crippen molar-refractivity contribution >= 4 is 5.91 Å². The molecule has 1 rings (SSSR count). The highest BCUT2D eigenvalue weighted by Gasteiger charge is 2.18. The average molecular weight is 259 g/mol. The van der Waals surface area contributed by atoms with E-state index in [-0.39, 0.29) is 11.5 Å². The van der Waals surface area contributed by atoms with Gasteiger partial charge in [-0.05, 0) is 19.3 Å². The first-order valence-corrected chi connectivity index (χ1v) is 6.60. The normalized spacial score (nSPS) is 15.5. The van der Waals surface area contributed by atoms with Gasteiger partial charge in [-0.25, -0.2) is 0 Å². The highest BCUT2D eigenvalue weighted by Crippen LogP contribution is 2.11. The second-order valence-electron chi connectivity index (χ2n) is 4.54. The van der Waals surface area contributed by atoms with E-state index in [0.29, 0.717) is 13.1 Å². The lowest BCUT2D eigenvalue weighted by Crippen LogP contribution is -2.33. The van der Waals surface area contributed by atoms with Crippen LogP contribution in [0.3, 0.4) is 0 Å². The molecule has 1 amide bonds. The van der Waals surface area contributed by atoms with E-state index in [2.05, 4.69) is 18.1 Å². The van der Waals surface area contributed by atoms with Gasteiger partial charge < -0.3 is 9.80 Å². The Labute approximate surface area is 115 Å². The van der Waals surface area contributed by atoms with Gasteiger partial charge in [0.05, 0.1) is 0 Å². The standard InChI is InChI=1S/C15H21N3O/c1-3-8-18(9-4-2)15(19)14(12-16)13-17-10-6-5-7-11-17/h3-4,13H,1-2,5-11H2/b14-13-. The number of nitriles is 1. The van der Waals surface area contributed by atoms with Crippen molar-refractivity contribution in [2.24, 2.45) is 0 Å². The van der Waals surface area contributed by atoms with Gasteiger partial charge in [-0.1, -0.05) is 12.2 Å². The monoisotopic (exact) mass is 259 g/mol. The SMILES string of the molecule is C=CCN(CC=C)C(=O)/C(C#N)=C\N1CCCCC1. The molecule has 0 spiro atoms. The molecule has 1 aliphatic heterocycles. The van der Waals surface area contributed by atoms with E-state index in [1.807, 2.05) is 6.07 Å². The predicted octanol–water partition coefficient (Wildman–Crippen LogP) is 2.08. The van der Waals surface area contributed by atoms with Crippen molar-refractivity contribution in [3.05, 3.63) is 37.1 Å². The van der Waals surface area contributed by atoms with Crippen molar-refractivity contribution in [1.29, 1.82) is 5.26 Å². The molecule has 4 heteroatoms. The van der Waals surface area contributed by atoms with Crippen molar-refractivity contribution in [3.8, 4) is 6.07 Å². The summed E-state index contributed by atoms with van der Waals surface area (Å²) >= 11 is 0. The fraction of sp³-hybridized carbons (Fsp3) is 0.467. The number of likely N-dealkylation sites (tertiary alicyclic amines) is 1. The van der Waals surface area contributed by atoms with Crippen LogP contribution in [0.15, 0.2) is 37.1 Å². The van der Waals surface area contributed by atoms with Crippen LogP contribution in [0.2, 0.25) is 0 Å². The van der Waals surface area contributed by atoms with E-state index < -0.39 is 0 Å². The molecule has 0 unspecified atom stereocenters. The molecule has 0 aliphatic carbocycles. The van der Waals surface area contributed by atoms with Crippen LogP contribution >= 0.6 is 0 Å². The quantitative estimate of drug-likeness (QED) is 0.417. The van der Waals surface area contributed by atoms with Crippen LogP contribution in [0.4, 0.5) is 0 Å². The van der Waals surface area contributed by atoms with Gasteiger partial charge in [0.25, 0.3) is 5.91 Å². The van der Waals surface area contributed by atoms with Gasteiger partial charge in [0.15, 0.2) is 0 Å². The maximum atomic E-state index is 12.2. The number of hydrogen-bond donors (Lipinski definition) is 0. The van der Waals surface area contributed by atoms with E-state index in [1.165, 1.54) is 6.42 Å². The van der Waals surface area contributed by atoms with E-state index in [1.54, 1.807) is 23.3 Å². The number of rotatable bonds is 6. The summed E-state index contributed by atoms with van der Waals surface area (Å²) in [5.74, 6) is -0.257. The molecule has 0 saturated carbocycles. The summed E-state index contributed by atoms with van der Waals surface area (Å²) in [5.41, 5.74) is 0.186. The molecule has 0 atom stereocenters. The van der Waals surface area contributed by atoms with Crippen LogP contribution in [-0.2, 0) is 4.79 Å². The summed E-state index contributed by atoms with van der Waals surface area (Å²) in [6.07, 6.45) is 8.45. The Bertz CT molecular complexity index is 390. The van der Waals surface area contributed by atoms with E-state index >= 15 is 0 Å². The first-order chi connectivity index (χ1) is 9.22. The van der Waals surface area contributed by atoms with Crippen LogP contribution in [0.1, 0.15) is 19.3 Å². The molecule has 1 fully saturated rings. The van der Waals surface area contributed by atoms with Crippen molar-refractivity contribution in [2.45, 2.75) is 19.3 Å². The third-order valence-corrected chi connectivity index (χ3v) is 3.04. The highest BCUT2D eigenvalue weighted by atomic mass is 16.2. The smallest absolute Gasteiger partial charge is 0.266 e. The number of amides is 1. The first kappa shape index (κ1) is 15.0. The molecule has 0 aromatic rings. The van der Waals surface area contributed by atoms with Gasteiger partial charge in [-0.2, -0.15) is 5.26 Å². The minimum absolute atomic E-state index is 0.186. The fourth-order valence-corrected chi connectivity index (χ4v) is 2.08. The molecule has 102 valence electrons. The summed E-state index contributed by atoms with van der Waals surface area (Å²) in [7, 11) is 0. The Morgan fingerprint density at radius 3 is 2.26 bits per heavy atom. The number of carbonyl (C=O) groups excluding carboxylic acids is 1. The molecule has 1 aliphatic rings. The lowest BCUT2D eigenvalue weighted by Gasteiger charge is -2.26. The maximum Gasteiger partial charge on any atom is 0.266 e. The molecule has 0 aromatic heterocycles. The van der Waals surface area contributed by atoms with Gasteiger partial charge in [0.2, 0.25) is 0 Å². The number of piperidine rings is 1. The van der Waals surface area contributed by atoms with E-state index in [0.717, 1.165) is 25.9 Å². The van der Waals surface area contributed by atoms with Crippen LogP contribution in [-0.4, -0.2) is 41.9 Å². The van der Waals surface area contributed by atoms with Crippen molar-refractivity contribution in [1.82, 2.24) is 9.80 Å². The lowest BCUT2D eigenvalue weighted by molar-refractivity contribution is -0.125. The van der Waals surface area contributed by atoms with E-state index in [4.69, 9.17) is 5.26 Å². The third kappa shape index (κ3) is 4.63. The zero-order valence-electron chi connectivity index (χ0n) is 11.3. The second-order valence-corrected chi connectivity index (χ2v) is 4.54. The largest absolute Gasteiger partial charge is 0.376 e. The topological polar surface area (TPSA) is 47.3 Å². The highest BCUT2D eigenvalue weighted by molar-refractivity contribution is 5.97. The fourth-order valence-electron chi connectivity index (χ4n) is 2.08. The van der Waals surface area contributed by atoms with Gasteiger partial charge in [-0.3, -0.25) is 4.79 Å². The molecule has 4 nitrogen and oxygen atoms in total. The van der Waals surface area contributed by atoms with Gasteiger partial charge in [0.1, 0.15) is 11.6 Å². The summed E-state index contributed by atoms with van der Waals surface area (Å²) in [5, 5.41) is 9.17. The Balaban J connectivity index is 2.78. The third-order valence-electron chi connectivity index (χ3n) is 3.04. The molecule has 1 heterocycles. The van der Waals surface area contributed by atoms with Crippen molar-refractivity contribution in [3.63, 3.8) is 0 Å². The van der Waals surface area contributed by atoms with Crippen LogP contribution in [0.25, 0.3) is 0 Å². The molecule has 0 N–H and O–H groups in total. The molecular formula is C15H21N3O. The van der Waals surface area contributed by atoms with Gasteiger partial charge >= 0.3 is 0 Å². The summed E-state index contributed by atoms with van der Waals surface area (Å²) < 4.78 is 0. The molecule has 0 bridgehead atoms. The van der Waals surface area contributed by atoms with Gasteiger partial charge in [0, 0.05) is 32.4 Å². The molecule has 0 radical (unpaired) electrons. The van der Waals surface area contributed by atoms with Crippen LogP contribution < -0.4 is 0 Å². The second kappa shape index (κ2) is 8.15. The van der Waals surface area contributed by atoms with Crippen molar-refractivity contribution in [2.75, 3.05) is 26.2 Å².